The van der Waals surface area contributed by atoms with E-state index >= 15 is 0 Å². The molecule has 144 valence electrons. The number of aromatic nitrogens is 1. The van der Waals surface area contributed by atoms with Crippen LogP contribution >= 0.6 is 0 Å². The van der Waals surface area contributed by atoms with Crippen LogP contribution in [0.15, 0.2) is 30.3 Å². The Morgan fingerprint density at radius 2 is 2.07 bits per heavy atom. The molecule has 1 fully saturated rings. The Bertz CT molecular complexity index is 977. The Hall–Kier alpha value is -3.02. The monoisotopic (exact) mass is 402 g/mol. The van der Waals surface area contributed by atoms with Gasteiger partial charge in [0, 0.05) is 6.54 Å². The molecule has 1 amide bonds. The molecule has 0 radical (unpaired) electrons. The fourth-order valence-corrected chi connectivity index (χ4v) is 3.67. The average molecular weight is 402 g/mol. The summed E-state index contributed by atoms with van der Waals surface area (Å²) in [7, 11) is -4.28. The van der Waals surface area contributed by atoms with E-state index in [1.165, 1.54) is 12.1 Å². The van der Waals surface area contributed by atoms with E-state index in [0.29, 0.717) is 4.31 Å². The van der Waals surface area contributed by atoms with Crippen molar-refractivity contribution in [3.8, 4) is 5.75 Å². The topological polar surface area (TPSA) is 112 Å². The number of hydrogen-bond donors (Lipinski definition) is 3. The minimum Gasteiger partial charge on any atom is -0.506 e. The summed E-state index contributed by atoms with van der Waals surface area (Å²) in [5, 5.41) is 12.7. The molecule has 0 bridgehead atoms. The molecule has 27 heavy (non-hydrogen) atoms. The van der Waals surface area contributed by atoms with E-state index in [9.17, 15) is 31.5 Å². The first-order valence-corrected chi connectivity index (χ1v) is 8.95. The second-order valence-electron chi connectivity index (χ2n) is 5.58. The highest BCUT2D eigenvalue weighted by Gasteiger charge is 2.37. The molecule has 1 aromatic carbocycles. The molecule has 0 unspecified atom stereocenters. The number of nitrogens with one attached hydrogen (secondary N) is 2. The molecule has 0 saturated carbocycles. The van der Waals surface area contributed by atoms with Crippen molar-refractivity contribution in [2.75, 3.05) is 16.2 Å². The molecule has 1 saturated heterocycles. The van der Waals surface area contributed by atoms with Crippen molar-refractivity contribution in [1.29, 1.82) is 0 Å². The fraction of sp³-hybridized carbons (Fsp3) is 0.200. The van der Waals surface area contributed by atoms with E-state index < -0.39 is 52.0 Å². The number of alkyl halides is 2. The van der Waals surface area contributed by atoms with Crippen molar-refractivity contribution in [3.05, 3.63) is 47.4 Å². The molecule has 8 nitrogen and oxygen atoms in total. The highest BCUT2D eigenvalue weighted by molar-refractivity contribution is 7.92. The van der Waals surface area contributed by atoms with E-state index in [-0.39, 0.29) is 17.9 Å². The number of carbonyl (C=O) groups is 1. The number of amides is 1. The van der Waals surface area contributed by atoms with Gasteiger partial charge in [-0.05, 0) is 29.8 Å². The third-order valence-corrected chi connectivity index (χ3v) is 5.02. The molecule has 12 heteroatoms. The zero-order valence-corrected chi connectivity index (χ0v) is 14.3. The molecule has 0 atom stereocenters. The standard InChI is InChI=1S/C15H13F3N4O4S/c16-9-4-8(6-19-12-3-1-2-10(20-12)15(17)18)5-11(23)14(9)22-7-13(24)21-27(22,25)26/h1-5,15,23H,6-7H2,(H,19,20)(H,21,24). The van der Waals surface area contributed by atoms with Gasteiger partial charge in [-0.25, -0.2) is 27.2 Å². The number of halogens is 3. The van der Waals surface area contributed by atoms with Crippen molar-refractivity contribution >= 4 is 27.6 Å². The second kappa shape index (κ2) is 6.95. The first-order chi connectivity index (χ1) is 12.7. The van der Waals surface area contributed by atoms with Crippen molar-refractivity contribution in [2.24, 2.45) is 0 Å². The maximum Gasteiger partial charge on any atom is 0.326 e. The molecule has 2 heterocycles. The van der Waals surface area contributed by atoms with Crippen molar-refractivity contribution in [2.45, 2.75) is 13.0 Å². The summed E-state index contributed by atoms with van der Waals surface area (Å²) >= 11 is 0. The summed E-state index contributed by atoms with van der Waals surface area (Å²) in [6.45, 7) is -0.733. The average Bonchev–Trinajstić information content (AvgIpc) is 2.85. The van der Waals surface area contributed by atoms with E-state index in [0.717, 1.165) is 18.2 Å². The third-order valence-electron chi connectivity index (χ3n) is 3.64. The lowest BCUT2D eigenvalue weighted by Gasteiger charge is -2.18. The van der Waals surface area contributed by atoms with Crippen LogP contribution in [0, 0.1) is 5.82 Å². The Morgan fingerprint density at radius 3 is 2.67 bits per heavy atom. The Balaban J connectivity index is 1.81. The lowest BCUT2D eigenvalue weighted by atomic mass is 10.1. The fourth-order valence-electron chi connectivity index (χ4n) is 2.50. The van der Waals surface area contributed by atoms with Gasteiger partial charge in [-0.1, -0.05) is 6.07 Å². The number of rotatable bonds is 5. The van der Waals surface area contributed by atoms with Crippen LogP contribution in [0.25, 0.3) is 0 Å². The molecule has 2 aromatic rings. The summed E-state index contributed by atoms with van der Waals surface area (Å²) in [5.41, 5.74) is -0.885. The van der Waals surface area contributed by atoms with Gasteiger partial charge in [0.1, 0.15) is 29.5 Å². The van der Waals surface area contributed by atoms with E-state index in [1.54, 1.807) is 4.72 Å². The van der Waals surface area contributed by atoms with Gasteiger partial charge < -0.3 is 10.4 Å². The number of carbonyl (C=O) groups excluding carboxylic acids is 1. The van der Waals surface area contributed by atoms with Gasteiger partial charge in [0.15, 0.2) is 5.82 Å². The van der Waals surface area contributed by atoms with Crippen LogP contribution in [0.4, 0.5) is 24.7 Å². The number of anilines is 2. The summed E-state index contributed by atoms with van der Waals surface area (Å²) in [5.74, 6) is -2.50. The first kappa shape index (κ1) is 18.8. The molecule has 0 spiro atoms. The Labute approximate surface area is 151 Å². The predicted molar refractivity (Wildman–Crippen MR) is 89.0 cm³/mol. The van der Waals surface area contributed by atoms with Gasteiger partial charge in [-0.3, -0.25) is 4.79 Å². The van der Waals surface area contributed by atoms with Crippen LogP contribution in [0.3, 0.4) is 0 Å². The number of hydrogen-bond acceptors (Lipinski definition) is 6. The zero-order chi connectivity index (χ0) is 19.8. The number of phenols is 1. The van der Waals surface area contributed by atoms with E-state index in [1.807, 2.05) is 0 Å². The smallest absolute Gasteiger partial charge is 0.326 e. The van der Waals surface area contributed by atoms with Crippen LogP contribution in [-0.4, -0.2) is 31.0 Å². The zero-order valence-electron chi connectivity index (χ0n) is 13.5. The largest absolute Gasteiger partial charge is 0.506 e. The summed E-state index contributed by atoms with van der Waals surface area (Å²) in [4.78, 5) is 14.9. The molecular weight excluding hydrogens is 389 g/mol. The second-order valence-corrected chi connectivity index (χ2v) is 7.18. The van der Waals surface area contributed by atoms with Crippen LogP contribution in [0.1, 0.15) is 17.7 Å². The minimum absolute atomic E-state index is 0.0750. The normalized spacial score (nSPS) is 15.9. The number of benzene rings is 1. The lowest BCUT2D eigenvalue weighted by Crippen LogP contribution is -2.30. The van der Waals surface area contributed by atoms with Gasteiger partial charge in [0.25, 0.3) is 12.3 Å². The Morgan fingerprint density at radius 1 is 1.33 bits per heavy atom. The van der Waals surface area contributed by atoms with Gasteiger partial charge in [0.05, 0.1) is 0 Å². The summed E-state index contributed by atoms with van der Waals surface area (Å²) in [6, 6.07) is 6.02. The molecule has 3 rings (SSSR count). The lowest BCUT2D eigenvalue weighted by molar-refractivity contribution is -0.117. The highest BCUT2D eigenvalue weighted by atomic mass is 32.2. The summed E-state index contributed by atoms with van der Waals surface area (Å²) < 4.78 is 65.3. The number of pyridine rings is 1. The maximum atomic E-state index is 14.4. The van der Waals surface area contributed by atoms with Crippen LogP contribution in [-0.2, 0) is 21.5 Å². The summed E-state index contributed by atoms with van der Waals surface area (Å²) in [6.07, 6.45) is -2.74. The van der Waals surface area contributed by atoms with Crippen LogP contribution < -0.4 is 14.3 Å². The van der Waals surface area contributed by atoms with Gasteiger partial charge in [-0.15, -0.1) is 0 Å². The number of phenolic OH excluding ortho intramolecular Hbond substituents is 1. The highest BCUT2D eigenvalue weighted by Crippen LogP contribution is 2.34. The quantitative estimate of drug-likeness (QED) is 0.701. The van der Waals surface area contributed by atoms with Crippen molar-refractivity contribution in [1.82, 2.24) is 9.71 Å². The molecule has 0 aliphatic carbocycles. The van der Waals surface area contributed by atoms with Crippen molar-refractivity contribution < 1.29 is 31.5 Å². The molecule has 1 aliphatic rings. The van der Waals surface area contributed by atoms with Crippen LogP contribution in [0.2, 0.25) is 0 Å². The van der Waals surface area contributed by atoms with Crippen LogP contribution in [0.5, 0.6) is 5.75 Å². The number of nitrogens with zero attached hydrogens (tertiary/aromatic N) is 2. The van der Waals surface area contributed by atoms with Gasteiger partial charge in [0.2, 0.25) is 0 Å². The SMILES string of the molecule is O=C1CN(c2c(O)cc(CNc3cccc(C(F)F)n3)cc2F)S(=O)(=O)N1. The molecule has 1 aromatic heterocycles. The maximum absolute atomic E-state index is 14.4. The third kappa shape index (κ3) is 3.89. The number of aromatic hydroxyl groups is 1. The first-order valence-electron chi connectivity index (χ1n) is 7.51. The Kier molecular flexibility index (Phi) is 4.83. The van der Waals surface area contributed by atoms with Gasteiger partial charge in [-0.2, -0.15) is 8.42 Å². The molecular formula is C15H13F3N4O4S. The van der Waals surface area contributed by atoms with E-state index in [4.69, 9.17) is 0 Å². The molecule has 1 aliphatic heterocycles. The van der Waals surface area contributed by atoms with Gasteiger partial charge >= 0.3 is 10.2 Å². The van der Waals surface area contributed by atoms with Crippen molar-refractivity contribution in [3.63, 3.8) is 0 Å². The van der Waals surface area contributed by atoms with E-state index in [2.05, 4.69) is 10.3 Å². The minimum atomic E-state index is -4.28. The predicted octanol–water partition coefficient (Wildman–Crippen LogP) is 1.66. The molecule has 3 N–H and O–H groups in total.